The molecule has 3 N–H and O–H groups in total. The van der Waals surface area contributed by atoms with Gasteiger partial charge in [0.05, 0.1) is 18.0 Å². The van der Waals surface area contributed by atoms with Crippen LogP contribution in [0.4, 0.5) is 11.4 Å². The first-order chi connectivity index (χ1) is 7.77. The van der Waals surface area contributed by atoms with Crippen LogP contribution in [0.5, 0.6) is 0 Å². The van der Waals surface area contributed by atoms with Gasteiger partial charge in [0.1, 0.15) is 5.69 Å². The Morgan fingerprint density at radius 1 is 1.31 bits per heavy atom. The summed E-state index contributed by atoms with van der Waals surface area (Å²) < 4.78 is 0. The minimum atomic E-state index is -0.336. The maximum absolute atomic E-state index is 10.8. The molecule has 5 heteroatoms. The first-order valence-electron chi connectivity index (χ1n) is 5.59. The second-order valence-corrected chi connectivity index (χ2v) is 4.06. The van der Waals surface area contributed by atoms with Gasteiger partial charge in [0, 0.05) is 24.9 Å². The van der Waals surface area contributed by atoms with Gasteiger partial charge in [-0.25, -0.2) is 0 Å². The van der Waals surface area contributed by atoms with Crippen molar-refractivity contribution >= 4 is 11.4 Å². The van der Waals surface area contributed by atoms with Crippen molar-refractivity contribution in [1.29, 1.82) is 0 Å². The van der Waals surface area contributed by atoms with E-state index in [9.17, 15) is 10.1 Å². The van der Waals surface area contributed by atoms with E-state index in [0.29, 0.717) is 11.7 Å². The maximum atomic E-state index is 10.8. The molecule has 0 aliphatic carbocycles. The average Bonchev–Trinajstić information content (AvgIpc) is 2.31. The van der Waals surface area contributed by atoms with Crippen molar-refractivity contribution in [2.75, 3.05) is 18.4 Å². The summed E-state index contributed by atoms with van der Waals surface area (Å²) in [6.45, 7) is 2.19. The third kappa shape index (κ3) is 2.49. The van der Waals surface area contributed by atoms with E-state index in [2.05, 4.69) is 10.6 Å². The van der Waals surface area contributed by atoms with Crippen LogP contribution in [0.3, 0.4) is 0 Å². The van der Waals surface area contributed by atoms with Gasteiger partial charge in [0.15, 0.2) is 0 Å². The summed E-state index contributed by atoms with van der Waals surface area (Å²) in [5, 5.41) is 16.4. The Kier molecular flexibility index (Phi) is 3.36. The zero-order valence-electron chi connectivity index (χ0n) is 9.06. The Hall–Kier alpha value is -1.62. The Labute approximate surface area is 94.0 Å². The quantitative estimate of drug-likeness (QED) is 0.585. The molecule has 1 aromatic rings. The Morgan fingerprint density at radius 2 is 2.00 bits per heavy atom. The highest BCUT2D eigenvalue weighted by Crippen LogP contribution is 2.24. The summed E-state index contributed by atoms with van der Waals surface area (Å²) in [4.78, 5) is 10.5. The molecule has 0 bridgehead atoms. The molecule has 5 nitrogen and oxygen atoms in total. The maximum Gasteiger partial charge on any atom is 0.292 e. The predicted octanol–water partition coefficient (Wildman–Crippen LogP) is 0.732. The van der Waals surface area contributed by atoms with Crippen LogP contribution in [0.15, 0.2) is 24.3 Å². The van der Waals surface area contributed by atoms with Gasteiger partial charge in [0.25, 0.3) is 5.69 Å². The predicted molar refractivity (Wildman–Crippen MR) is 61.4 cm³/mol. The smallest absolute Gasteiger partial charge is 0.292 e. The van der Waals surface area contributed by atoms with Crippen LogP contribution < -0.4 is 10.6 Å². The van der Waals surface area contributed by atoms with Crippen LogP contribution in [0.1, 0.15) is 12.8 Å². The highest BCUT2D eigenvalue weighted by atomic mass is 16.6. The number of benzene rings is 1. The largest absolute Gasteiger partial charge is 0.376 e. The summed E-state index contributed by atoms with van der Waals surface area (Å²) in [5.74, 6) is 0. The molecule has 0 unspecified atom stereocenters. The van der Waals surface area contributed by atoms with Gasteiger partial charge in [-0.2, -0.15) is 0 Å². The molecule has 0 spiro atoms. The Balaban J connectivity index is 2.10. The number of para-hydroxylation sites is 2. The summed E-state index contributed by atoms with van der Waals surface area (Å²) in [6.07, 6.45) is 2.12. The van der Waals surface area contributed by atoms with Gasteiger partial charge >= 0.3 is 0 Å². The van der Waals surface area contributed by atoms with Crippen molar-refractivity contribution in [3.8, 4) is 0 Å². The van der Waals surface area contributed by atoms with Crippen LogP contribution in [0, 0.1) is 10.1 Å². The number of piperidine rings is 1. The number of nitrogens with zero attached hydrogens (tertiary/aromatic N) is 1. The summed E-state index contributed by atoms with van der Waals surface area (Å²) in [7, 11) is 0. The molecule has 1 aromatic carbocycles. The average molecular weight is 222 g/mol. The van der Waals surface area contributed by atoms with Crippen LogP contribution >= 0.6 is 0 Å². The first-order valence-corrected chi connectivity index (χ1v) is 5.59. The minimum absolute atomic E-state index is 0.164. The number of nitrogens with two attached hydrogens (primary N) is 1. The molecular formula is C11H16N3O2+. The fourth-order valence-corrected chi connectivity index (χ4v) is 2.05. The van der Waals surface area contributed by atoms with Gasteiger partial charge in [-0.1, -0.05) is 12.1 Å². The van der Waals surface area contributed by atoms with Crippen LogP contribution in [0.2, 0.25) is 0 Å². The number of nitro benzene ring substituents is 1. The number of anilines is 1. The molecule has 0 radical (unpaired) electrons. The normalized spacial score (nSPS) is 17.0. The molecule has 0 amide bonds. The lowest BCUT2D eigenvalue weighted by atomic mass is 10.1. The Bertz CT molecular complexity index is 375. The van der Waals surface area contributed by atoms with Crippen molar-refractivity contribution < 1.29 is 10.2 Å². The second kappa shape index (κ2) is 4.94. The lowest BCUT2D eigenvalue weighted by Crippen LogP contribution is -2.87. The lowest BCUT2D eigenvalue weighted by molar-refractivity contribution is -0.662. The van der Waals surface area contributed by atoms with Crippen LogP contribution in [0.25, 0.3) is 0 Å². The third-order valence-electron chi connectivity index (χ3n) is 2.90. The monoisotopic (exact) mass is 222 g/mol. The van der Waals surface area contributed by atoms with Crippen LogP contribution in [-0.2, 0) is 0 Å². The molecule has 1 aliphatic rings. The zero-order valence-corrected chi connectivity index (χ0v) is 9.06. The van der Waals surface area contributed by atoms with E-state index in [0.717, 1.165) is 25.9 Å². The molecule has 86 valence electrons. The minimum Gasteiger partial charge on any atom is -0.376 e. The highest BCUT2D eigenvalue weighted by Gasteiger charge is 2.19. The number of nitro groups is 1. The van der Waals surface area contributed by atoms with E-state index in [4.69, 9.17) is 0 Å². The molecule has 0 atom stereocenters. The van der Waals surface area contributed by atoms with Gasteiger partial charge < -0.3 is 10.6 Å². The molecule has 1 heterocycles. The molecule has 1 aliphatic heterocycles. The lowest BCUT2D eigenvalue weighted by Gasteiger charge is -2.22. The molecule has 1 fully saturated rings. The first kappa shape index (κ1) is 10.9. The van der Waals surface area contributed by atoms with Crippen molar-refractivity contribution in [2.24, 2.45) is 0 Å². The molecule has 1 saturated heterocycles. The van der Waals surface area contributed by atoms with E-state index in [-0.39, 0.29) is 10.6 Å². The number of hydrogen-bond acceptors (Lipinski definition) is 3. The second-order valence-electron chi connectivity index (χ2n) is 4.06. The summed E-state index contributed by atoms with van der Waals surface area (Å²) in [6, 6.07) is 7.20. The summed E-state index contributed by atoms with van der Waals surface area (Å²) >= 11 is 0. The van der Waals surface area contributed by atoms with E-state index in [1.807, 2.05) is 6.07 Å². The molecule has 16 heavy (non-hydrogen) atoms. The number of nitrogens with one attached hydrogen (secondary N) is 1. The van der Waals surface area contributed by atoms with Crippen molar-refractivity contribution in [3.63, 3.8) is 0 Å². The van der Waals surface area contributed by atoms with E-state index in [1.165, 1.54) is 6.07 Å². The van der Waals surface area contributed by atoms with Gasteiger partial charge in [-0.15, -0.1) is 0 Å². The zero-order chi connectivity index (χ0) is 11.4. The fourth-order valence-electron chi connectivity index (χ4n) is 2.05. The standard InChI is InChI=1S/C11H15N3O2/c15-14(16)11-4-2-1-3-10(11)13-9-5-7-12-8-6-9/h1-4,9,12-13H,5-8H2/p+1. The number of rotatable bonds is 3. The number of quaternary nitrogens is 1. The van der Waals surface area contributed by atoms with E-state index >= 15 is 0 Å². The number of hydrogen-bond donors (Lipinski definition) is 2. The van der Waals surface area contributed by atoms with Gasteiger partial charge in [0.2, 0.25) is 0 Å². The van der Waals surface area contributed by atoms with Crippen molar-refractivity contribution in [2.45, 2.75) is 18.9 Å². The van der Waals surface area contributed by atoms with Crippen molar-refractivity contribution in [1.82, 2.24) is 0 Å². The SMILES string of the molecule is O=[N+]([O-])c1ccccc1NC1CC[NH2+]CC1. The Morgan fingerprint density at radius 3 is 2.69 bits per heavy atom. The van der Waals surface area contributed by atoms with Gasteiger partial charge in [-0.3, -0.25) is 10.1 Å². The molecular weight excluding hydrogens is 206 g/mol. The van der Waals surface area contributed by atoms with E-state index in [1.54, 1.807) is 12.1 Å². The van der Waals surface area contributed by atoms with E-state index < -0.39 is 0 Å². The van der Waals surface area contributed by atoms with Crippen molar-refractivity contribution in [3.05, 3.63) is 34.4 Å². The molecule has 0 saturated carbocycles. The van der Waals surface area contributed by atoms with Crippen LogP contribution in [-0.4, -0.2) is 24.1 Å². The topological polar surface area (TPSA) is 71.8 Å². The third-order valence-corrected chi connectivity index (χ3v) is 2.90. The molecule has 2 rings (SSSR count). The summed E-state index contributed by atoms with van der Waals surface area (Å²) in [5.41, 5.74) is 0.802. The molecule has 0 aromatic heterocycles. The fraction of sp³-hybridized carbons (Fsp3) is 0.455. The van der Waals surface area contributed by atoms with Gasteiger partial charge in [-0.05, 0) is 6.07 Å². The highest BCUT2D eigenvalue weighted by molar-refractivity contribution is 5.61.